The number of carbonyl (C=O) groups excluding carboxylic acids is 1. The minimum absolute atomic E-state index is 0.0233. The van der Waals surface area contributed by atoms with E-state index in [9.17, 15) is 9.18 Å². The van der Waals surface area contributed by atoms with Gasteiger partial charge in [0.2, 0.25) is 0 Å². The van der Waals surface area contributed by atoms with Gasteiger partial charge in [0, 0.05) is 10.9 Å². The standard InChI is InChI=1S/C18H14FNO2S/c1-12-6-8-13(9-7-12)17-20-14(11-23-17)10-22-18(21)15-4-2-3-5-16(15)19/h2-9,11H,10H2,1H3. The number of carbonyl (C=O) groups is 1. The summed E-state index contributed by atoms with van der Waals surface area (Å²) in [6, 6.07) is 13.8. The second-order valence-electron chi connectivity index (χ2n) is 5.07. The van der Waals surface area contributed by atoms with Gasteiger partial charge in [0.15, 0.2) is 0 Å². The summed E-state index contributed by atoms with van der Waals surface area (Å²) < 4.78 is 18.6. The molecule has 3 aromatic rings. The number of halogens is 1. The van der Waals surface area contributed by atoms with Gasteiger partial charge in [0.05, 0.1) is 11.3 Å². The summed E-state index contributed by atoms with van der Waals surface area (Å²) in [7, 11) is 0. The van der Waals surface area contributed by atoms with E-state index in [1.807, 2.05) is 36.6 Å². The van der Waals surface area contributed by atoms with E-state index < -0.39 is 11.8 Å². The maximum absolute atomic E-state index is 13.5. The van der Waals surface area contributed by atoms with Gasteiger partial charge in [0.25, 0.3) is 0 Å². The fourth-order valence-corrected chi connectivity index (χ4v) is 2.86. The van der Waals surface area contributed by atoms with E-state index in [0.29, 0.717) is 5.69 Å². The number of nitrogens with zero attached hydrogens (tertiary/aromatic N) is 1. The molecule has 0 fully saturated rings. The van der Waals surface area contributed by atoms with Gasteiger partial charge in [-0.05, 0) is 19.1 Å². The number of benzene rings is 2. The third kappa shape index (κ3) is 3.63. The number of esters is 1. The zero-order chi connectivity index (χ0) is 16.2. The number of hydrogen-bond acceptors (Lipinski definition) is 4. The van der Waals surface area contributed by atoms with Gasteiger partial charge in [-0.3, -0.25) is 0 Å². The number of aryl methyl sites for hydroxylation is 1. The molecule has 3 nitrogen and oxygen atoms in total. The molecule has 0 N–H and O–H groups in total. The molecule has 0 aliphatic rings. The van der Waals surface area contributed by atoms with Crippen molar-refractivity contribution in [1.82, 2.24) is 4.98 Å². The normalized spacial score (nSPS) is 10.5. The first-order valence-corrected chi connectivity index (χ1v) is 7.94. The molecule has 0 unspecified atom stereocenters. The minimum atomic E-state index is -0.687. The van der Waals surface area contributed by atoms with Crippen molar-refractivity contribution in [3.05, 3.63) is 76.5 Å². The van der Waals surface area contributed by atoms with Crippen LogP contribution in [0.3, 0.4) is 0 Å². The zero-order valence-electron chi connectivity index (χ0n) is 12.5. The van der Waals surface area contributed by atoms with Gasteiger partial charge in [-0.25, -0.2) is 14.2 Å². The second kappa shape index (κ2) is 6.71. The summed E-state index contributed by atoms with van der Waals surface area (Å²) in [6.45, 7) is 2.05. The molecule has 116 valence electrons. The lowest BCUT2D eigenvalue weighted by atomic mass is 10.2. The van der Waals surface area contributed by atoms with Crippen LogP contribution in [0.15, 0.2) is 53.9 Å². The molecule has 0 aliphatic heterocycles. The molecule has 5 heteroatoms. The average molecular weight is 327 g/mol. The monoisotopic (exact) mass is 327 g/mol. The molecular formula is C18H14FNO2S. The smallest absolute Gasteiger partial charge is 0.341 e. The highest BCUT2D eigenvalue weighted by atomic mass is 32.1. The van der Waals surface area contributed by atoms with Crippen LogP contribution in [0.5, 0.6) is 0 Å². The van der Waals surface area contributed by atoms with E-state index in [2.05, 4.69) is 4.98 Å². The Morgan fingerprint density at radius 1 is 1.17 bits per heavy atom. The van der Waals surface area contributed by atoms with Crippen LogP contribution in [0.2, 0.25) is 0 Å². The van der Waals surface area contributed by atoms with Gasteiger partial charge >= 0.3 is 5.97 Å². The van der Waals surface area contributed by atoms with Gasteiger partial charge < -0.3 is 4.74 Å². The fourth-order valence-electron chi connectivity index (χ4n) is 2.05. The lowest BCUT2D eigenvalue weighted by Gasteiger charge is -2.03. The topological polar surface area (TPSA) is 39.2 Å². The van der Waals surface area contributed by atoms with Gasteiger partial charge in [-0.15, -0.1) is 11.3 Å². The van der Waals surface area contributed by atoms with Crippen molar-refractivity contribution in [2.75, 3.05) is 0 Å². The second-order valence-corrected chi connectivity index (χ2v) is 5.92. The van der Waals surface area contributed by atoms with E-state index in [1.165, 1.54) is 35.1 Å². The number of rotatable bonds is 4. The van der Waals surface area contributed by atoms with Crippen molar-refractivity contribution >= 4 is 17.3 Å². The Labute approximate surface area is 137 Å². The molecule has 0 radical (unpaired) electrons. The summed E-state index contributed by atoms with van der Waals surface area (Å²) in [5.74, 6) is -1.27. The lowest BCUT2D eigenvalue weighted by Crippen LogP contribution is -2.07. The van der Waals surface area contributed by atoms with Crippen LogP contribution in [-0.4, -0.2) is 11.0 Å². The predicted octanol–water partition coefficient (Wildman–Crippen LogP) is 4.61. The van der Waals surface area contributed by atoms with Crippen molar-refractivity contribution in [2.45, 2.75) is 13.5 Å². The first-order chi connectivity index (χ1) is 11.1. The van der Waals surface area contributed by atoms with Crippen LogP contribution in [0, 0.1) is 12.7 Å². The van der Waals surface area contributed by atoms with Gasteiger partial charge in [0.1, 0.15) is 17.4 Å². The van der Waals surface area contributed by atoms with Crippen LogP contribution in [-0.2, 0) is 11.3 Å². The van der Waals surface area contributed by atoms with E-state index in [0.717, 1.165) is 10.6 Å². The van der Waals surface area contributed by atoms with Gasteiger partial charge in [-0.2, -0.15) is 0 Å². The summed E-state index contributed by atoms with van der Waals surface area (Å²) in [5, 5.41) is 2.70. The fraction of sp³-hybridized carbons (Fsp3) is 0.111. The predicted molar refractivity (Wildman–Crippen MR) is 87.8 cm³/mol. The molecule has 0 saturated carbocycles. The highest BCUT2D eigenvalue weighted by molar-refractivity contribution is 7.13. The molecule has 23 heavy (non-hydrogen) atoms. The molecule has 0 amide bonds. The lowest BCUT2D eigenvalue weighted by molar-refractivity contribution is 0.0463. The molecule has 1 aromatic heterocycles. The molecular weight excluding hydrogens is 313 g/mol. The van der Waals surface area contributed by atoms with Crippen molar-refractivity contribution in [1.29, 1.82) is 0 Å². The highest BCUT2D eigenvalue weighted by Crippen LogP contribution is 2.24. The third-order valence-corrected chi connectivity index (χ3v) is 4.24. The van der Waals surface area contributed by atoms with E-state index in [1.54, 1.807) is 6.07 Å². The molecule has 0 aliphatic carbocycles. The summed E-state index contributed by atoms with van der Waals surface area (Å²) in [6.07, 6.45) is 0. The maximum atomic E-state index is 13.5. The Morgan fingerprint density at radius 3 is 2.65 bits per heavy atom. The minimum Gasteiger partial charge on any atom is -0.455 e. The summed E-state index contributed by atoms with van der Waals surface area (Å²) in [4.78, 5) is 16.3. The van der Waals surface area contributed by atoms with Crippen molar-refractivity contribution < 1.29 is 13.9 Å². The highest BCUT2D eigenvalue weighted by Gasteiger charge is 2.13. The van der Waals surface area contributed by atoms with Crippen molar-refractivity contribution in [3.8, 4) is 10.6 Å². The van der Waals surface area contributed by atoms with Gasteiger partial charge in [-0.1, -0.05) is 42.0 Å². The number of thiazole rings is 1. The number of hydrogen-bond donors (Lipinski definition) is 0. The Hall–Kier alpha value is -2.53. The molecule has 0 bridgehead atoms. The Morgan fingerprint density at radius 2 is 1.91 bits per heavy atom. The van der Waals surface area contributed by atoms with Crippen LogP contribution in [0.25, 0.3) is 10.6 Å². The van der Waals surface area contributed by atoms with Crippen molar-refractivity contribution in [2.24, 2.45) is 0 Å². The van der Waals surface area contributed by atoms with Crippen LogP contribution in [0.4, 0.5) is 4.39 Å². The number of aromatic nitrogens is 1. The Balaban J connectivity index is 1.67. The maximum Gasteiger partial charge on any atom is 0.341 e. The third-order valence-electron chi connectivity index (χ3n) is 3.30. The molecule has 0 spiro atoms. The molecule has 0 atom stereocenters. The first kappa shape index (κ1) is 15.4. The number of ether oxygens (including phenoxy) is 1. The quantitative estimate of drug-likeness (QED) is 0.657. The Bertz CT molecular complexity index is 827. The zero-order valence-corrected chi connectivity index (χ0v) is 13.3. The summed E-state index contributed by atoms with van der Waals surface area (Å²) >= 11 is 1.48. The molecule has 2 aromatic carbocycles. The average Bonchev–Trinajstić information content (AvgIpc) is 3.03. The van der Waals surface area contributed by atoms with Crippen molar-refractivity contribution in [3.63, 3.8) is 0 Å². The largest absolute Gasteiger partial charge is 0.455 e. The first-order valence-electron chi connectivity index (χ1n) is 7.06. The van der Waals surface area contributed by atoms with E-state index in [-0.39, 0.29) is 12.2 Å². The van der Waals surface area contributed by atoms with Crippen LogP contribution in [0.1, 0.15) is 21.6 Å². The molecule has 1 heterocycles. The Kier molecular flexibility index (Phi) is 4.48. The van der Waals surface area contributed by atoms with Crippen LogP contribution < -0.4 is 0 Å². The van der Waals surface area contributed by atoms with E-state index >= 15 is 0 Å². The van der Waals surface area contributed by atoms with Crippen LogP contribution >= 0.6 is 11.3 Å². The summed E-state index contributed by atoms with van der Waals surface area (Å²) in [5.41, 5.74) is 2.79. The molecule has 0 saturated heterocycles. The molecule has 3 rings (SSSR count). The SMILES string of the molecule is Cc1ccc(-c2nc(COC(=O)c3ccccc3F)cs2)cc1. The van der Waals surface area contributed by atoms with E-state index in [4.69, 9.17) is 4.74 Å².